The van der Waals surface area contributed by atoms with Crippen LogP contribution in [-0.4, -0.2) is 16.6 Å². The minimum atomic E-state index is 0.789. The van der Waals surface area contributed by atoms with Gasteiger partial charge in [-0.2, -0.15) is 0 Å². The predicted molar refractivity (Wildman–Crippen MR) is 80.2 cm³/mol. The Bertz CT molecular complexity index is 817. The largest absolute Gasteiger partial charge is 0.493 e. The molecule has 3 heteroatoms. The molecule has 1 aromatic heterocycles. The van der Waals surface area contributed by atoms with Crippen molar-refractivity contribution in [3.63, 3.8) is 0 Å². The van der Waals surface area contributed by atoms with E-state index in [0.29, 0.717) is 0 Å². The first kappa shape index (κ1) is 11.5. The van der Waals surface area contributed by atoms with Crippen LogP contribution in [0.15, 0.2) is 30.3 Å². The van der Waals surface area contributed by atoms with Crippen LogP contribution in [0.5, 0.6) is 5.75 Å². The van der Waals surface area contributed by atoms with Crippen LogP contribution in [0.4, 0.5) is 0 Å². The molecule has 0 aliphatic carbocycles. The molecule has 1 aliphatic heterocycles. The molecule has 2 heterocycles. The Morgan fingerprint density at radius 2 is 2.05 bits per heavy atom. The van der Waals surface area contributed by atoms with E-state index in [9.17, 15) is 0 Å². The van der Waals surface area contributed by atoms with E-state index in [1.165, 1.54) is 16.7 Å². The molecule has 3 nitrogen and oxygen atoms in total. The van der Waals surface area contributed by atoms with Crippen LogP contribution < -0.4 is 4.74 Å². The minimum Gasteiger partial charge on any atom is -0.493 e. The molecule has 0 amide bonds. The number of ether oxygens (including phenoxy) is 1. The fourth-order valence-corrected chi connectivity index (χ4v) is 2.94. The second-order valence-corrected chi connectivity index (χ2v) is 5.48. The number of H-pyrrole nitrogens is 1. The summed E-state index contributed by atoms with van der Waals surface area (Å²) in [5, 5.41) is 0. The van der Waals surface area contributed by atoms with E-state index in [4.69, 9.17) is 9.72 Å². The van der Waals surface area contributed by atoms with E-state index in [1.54, 1.807) is 0 Å². The normalized spacial score (nSPS) is 13.5. The number of hydrogen-bond donors (Lipinski definition) is 1. The monoisotopic (exact) mass is 264 g/mol. The molecule has 0 spiro atoms. The molecule has 0 unspecified atom stereocenters. The lowest BCUT2D eigenvalue weighted by Gasteiger charge is -2.01. The van der Waals surface area contributed by atoms with Gasteiger partial charge in [0, 0.05) is 12.0 Å². The molecular weight excluding hydrogens is 248 g/mol. The lowest BCUT2D eigenvalue weighted by Crippen LogP contribution is -1.85. The third kappa shape index (κ3) is 1.70. The summed E-state index contributed by atoms with van der Waals surface area (Å²) in [7, 11) is 0. The molecule has 0 bridgehead atoms. The maximum Gasteiger partial charge on any atom is 0.138 e. The minimum absolute atomic E-state index is 0.789. The van der Waals surface area contributed by atoms with Crippen LogP contribution >= 0.6 is 0 Å². The van der Waals surface area contributed by atoms with Gasteiger partial charge in [-0.25, -0.2) is 4.98 Å². The zero-order valence-corrected chi connectivity index (χ0v) is 11.7. The summed E-state index contributed by atoms with van der Waals surface area (Å²) in [5.41, 5.74) is 7.04. The number of benzene rings is 2. The van der Waals surface area contributed by atoms with Gasteiger partial charge in [-0.05, 0) is 54.8 Å². The topological polar surface area (TPSA) is 37.9 Å². The van der Waals surface area contributed by atoms with Crippen LogP contribution in [0.2, 0.25) is 0 Å². The number of aryl methyl sites for hydroxylation is 2. The maximum absolute atomic E-state index is 5.55. The first-order valence-corrected chi connectivity index (χ1v) is 6.94. The van der Waals surface area contributed by atoms with Crippen molar-refractivity contribution in [1.82, 2.24) is 9.97 Å². The number of fused-ring (bicyclic) bond motifs is 2. The number of nitrogens with zero attached hydrogens (tertiary/aromatic N) is 1. The molecule has 0 radical (unpaired) electrons. The Hall–Kier alpha value is -2.29. The average Bonchev–Trinajstić information content (AvgIpc) is 3.03. The number of nitrogens with one attached hydrogen (secondary N) is 1. The van der Waals surface area contributed by atoms with E-state index in [-0.39, 0.29) is 0 Å². The summed E-state index contributed by atoms with van der Waals surface area (Å²) in [6.45, 7) is 5.01. The molecule has 100 valence electrons. The van der Waals surface area contributed by atoms with Crippen molar-refractivity contribution in [2.24, 2.45) is 0 Å². The fourth-order valence-electron chi connectivity index (χ4n) is 2.94. The van der Waals surface area contributed by atoms with Gasteiger partial charge in [-0.3, -0.25) is 0 Å². The molecule has 2 aromatic carbocycles. The van der Waals surface area contributed by atoms with Gasteiger partial charge in [0.2, 0.25) is 0 Å². The summed E-state index contributed by atoms with van der Waals surface area (Å²) in [6, 6.07) is 10.6. The van der Waals surface area contributed by atoms with E-state index >= 15 is 0 Å². The predicted octanol–water partition coefficient (Wildman–Crippen LogP) is 3.78. The highest BCUT2D eigenvalue weighted by atomic mass is 16.5. The molecule has 0 atom stereocenters. The van der Waals surface area contributed by atoms with Gasteiger partial charge in [-0.1, -0.05) is 6.07 Å². The van der Waals surface area contributed by atoms with Gasteiger partial charge in [0.25, 0.3) is 0 Å². The Labute approximate surface area is 117 Å². The summed E-state index contributed by atoms with van der Waals surface area (Å²) < 4.78 is 5.55. The third-order valence-corrected chi connectivity index (χ3v) is 3.88. The van der Waals surface area contributed by atoms with E-state index in [2.05, 4.69) is 43.1 Å². The van der Waals surface area contributed by atoms with Crippen LogP contribution in [0.25, 0.3) is 22.4 Å². The number of aromatic amines is 1. The molecule has 0 saturated heterocycles. The number of hydrogen-bond acceptors (Lipinski definition) is 2. The molecule has 0 fully saturated rings. The van der Waals surface area contributed by atoms with Crippen molar-refractivity contribution in [2.75, 3.05) is 6.61 Å². The van der Waals surface area contributed by atoms with Gasteiger partial charge >= 0.3 is 0 Å². The molecular formula is C17H16N2O. The summed E-state index contributed by atoms with van der Waals surface area (Å²) in [6.07, 6.45) is 0.988. The molecule has 4 rings (SSSR count). The fraction of sp³-hybridized carbons (Fsp3) is 0.235. The summed E-state index contributed by atoms with van der Waals surface area (Å²) >= 11 is 0. The van der Waals surface area contributed by atoms with Crippen LogP contribution in [0, 0.1) is 13.8 Å². The highest BCUT2D eigenvalue weighted by Gasteiger charge is 2.14. The smallest absolute Gasteiger partial charge is 0.138 e. The zero-order chi connectivity index (χ0) is 13.7. The van der Waals surface area contributed by atoms with Crippen molar-refractivity contribution >= 4 is 11.0 Å². The average molecular weight is 264 g/mol. The van der Waals surface area contributed by atoms with E-state index in [1.807, 2.05) is 6.07 Å². The Balaban J connectivity index is 1.88. The Kier molecular flexibility index (Phi) is 2.36. The SMILES string of the molecule is Cc1cc(C)c2nc(-c3ccc4c(c3)CCO4)[nH]c2c1. The Morgan fingerprint density at radius 1 is 1.15 bits per heavy atom. The molecule has 1 aliphatic rings. The number of aromatic nitrogens is 2. The molecule has 3 aromatic rings. The zero-order valence-electron chi connectivity index (χ0n) is 11.7. The van der Waals surface area contributed by atoms with Gasteiger partial charge < -0.3 is 9.72 Å². The lowest BCUT2D eigenvalue weighted by molar-refractivity contribution is 0.357. The highest BCUT2D eigenvalue weighted by molar-refractivity contribution is 5.83. The second-order valence-electron chi connectivity index (χ2n) is 5.48. The Morgan fingerprint density at radius 3 is 2.95 bits per heavy atom. The molecule has 1 N–H and O–H groups in total. The van der Waals surface area contributed by atoms with Crippen molar-refractivity contribution in [3.05, 3.63) is 47.0 Å². The van der Waals surface area contributed by atoms with Crippen molar-refractivity contribution in [2.45, 2.75) is 20.3 Å². The maximum atomic E-state index is 5.55. The standard InChI is InChI=1S/C17H16N2O/c1-10-7-11(2)16-14(8-10)18-17(19-16)13-3-4-15-12(9-13)5-6-20-15/h3-4,7-9H,5-6H2,1-2H3,(H,18,19). The van der Waals surface area contributed by atoms with Crippen LogP contribution in [0.3, 0.4) is 0 Å². The lowest BCUT2D eigenvalue weighted by atomic mass is 10.1. The van der Waals surface area contributed by atoms with Gasteiger partial charge in [0.05, 0.1) is 17.6 Å². The first-order valence-electron chi connectivity index (χ1n) is 6.94. The van der Waals surface area contributed by atoms with Crippen molar-refractivity contribution in [3.8, 4) is 17.1 Å². The second kappa shape index (κ2) is 4.10. The number of rotatable bonds is 1. The molecule has 20 heavy (non-hydrogen) atoms. The quantitative estimate of drug-likeness (QED) is 0.726. The highest BCUT2D eigenvalue weighted by Crippen LogP contribution is 2.30. The van der Waals surface area contributed by atoms with E-state index < -0.39 is 0 Å². The van der Waals surface area contributed by atoms with Gasteiger partial charge in [-0.15, -0.1) is 0 Å². The summed E-state index contributed by atoms with van der Waals surface area (Å²) in [4.78, 5) is 8.19. The van der Waals surface area contributed by atoms with Crippen molar-refractivity contribution in [1.29, 1.82) is 0 Å². The van der Waals surface area contributed by atoms with Gasteiger partial charge in [0.15, 0.2) is 0 Å². The molecule has 0 saturated carbocycles. The van der Waals surface area contributed by atoms with Crippen LogP contribution in [-0.2, 0) is 6.42 Å². The van der Waals surface area contributed by atoms with Gasteiger partial charge in [0.1, 0.15) is 11.6 Å². The van der Waals surface area contributed by atoms with Crippen LogP contribution in [0.1, 0.15) is 16.7 Å². The van der Waals surface area contributed by atoms with Crippen molar-refractivity contribution < 1.29 is 4.74 Å². The first-order chi connectivity index (χ1) is 9.70. The summed E-state index contributed by atoms with van der Waals surface area (Å²) in [5.74, 6) is 1.94. The third-order valence-electron chi connectivity index (χ3n) is 3.88. The number of imidazole rings is 1. The van der Waals surface area contributed by atoms with E-state index in [0.717, 1.165) is 41.2 Å².